The van der Waals surface area contributed by atoms with Crippen LogP contribution in [-0.2, 0) is 19.7 Å². The Morgan fingerprint density at radius 3 is 1.45 bits per heavy atom. The lowest BCUT2D eigenvalue weighted by molar-refractivity contribution is -0.141. The number of methoxy groups -OCH3 is 2. The number of rotatable bonds is 13. The second-order valence-corrected chi connectivity index (χ2v) is 7.88. The Labute approximate surface area is 186 Å². The van der Waals surface area contributed by atoms with E-state index in [2.05, 4.69) is 24.5 Å². The number of nitrogens with one attached hydrogen (secondary N) is 2. The third kappa shape index (κ3) is 6.21. The molecule has 2 atom stereocenters. The Bertz CT molecular complexity index is 738. The van der Waals surface area contributed by atoms with Crippen LogP contribution < -0.4 is 10.6 Å². The van der Waals surface area contributed by atoms with Crippen molar-refractivity contribution in [3.05, 3.63) is 59.7 Å². The monoisotopic (exact) mass is 428 g/mol. The fraction of sp³-hybridized carbons (Fsp3) is 0.480. The molecule has 0 spiro atoms. The van der Waals surface area contributed by atoms with Gasteiger partial charge in [-0.1, -0.05) is 38.1 Å². The number of hydrogen-bond acceptors (Lipinski definition) is 5. The number of ether oxygens (including phenoxy) is 2. The highest BCUT2D eigenvalue weighted by Gasteiger charge is 2.37. The average Bonchev–Trinajstić information content (AvgIpc) is 2.80. The third-order valence-electron chi connectivity index (χ3n) is 6.00. The van der Waals surface area contributed by atoms with Gasteiger partial charge < -0.3 is 25.2 Å². The number of anilines is 2. The average molecular weight is 429 g/mol. The molecule has 0 saturated carbocycles. The summed E-state index contributed by atoms with van der Waals surface area (Å²) in [7, 11) is 3.41. The molecule has 31 heavy (non-hydrogen) atoms. The van der Waals surface area contributed by atoms with E-state index in [0.29, 0.717) is 13.1 Å². The van der Waals surface area contributed by atoms with E-state index in [1.807, 2.05) is 48.5 Å². The number of carboxylic acid groups (broad SMARTS) is 1. The van der Waals surface area contributed by atoms with E-state index in [0.717, 1.165) is 35.3 Å². The summed E-state index contributed by atoms with van der Waals surface area (Å²) in [5.74, 6) is -0.884. The van der Waals surface area contributed by atoms with Crippen molar-refractivity contribution in [3.8, 4) is 0 Å². The van der Waals surface area contributed by atoms with Gasteiger partial charge in [0.05, 0.1) is 12.2 Å². The van der Waals surface area contributed by atoms with Gasteiger partial charge in [0, 0.05) is 38.7 Å². The van der Waals surface area contributed by atoms with E-state index < -0.39 is 11.4 Å². The van der Waals surface area contributed by atoms with Gasteiger partial charge in [0.1, 0.15) is 5.41 Å². The van der Waals surface area contributed by atoms with Crippen molar-refractivity contribution in [3.63, 3.8) is 0 Å². The minimum Gasteiger partial charge on any atom is -0.480 e. The lowest BCUT2D eigenvalue weighted by Crippen LogP contribution is -2.33. The molecule has 6 heteroatoms. The SMILES string of the molecule is CCC(CNc1ccc(C(C)(C(=O)O)c2ccc(NCC(CC)OC)cc2)cc1)OC. The first-order valence-corrected chi connectivity index (χ1v) is 10.9. The molecule has 0 fully saturated rings. The van der Waals surface area contributed by atoms with Crippen molar-refractivity contribution >= 4 is 17.3 Å². The van der Waals surface area contributed by atoms with Gasteiger partial charge in [-0.3, -0.25) is 4.79 Å². The highest BCUT2D eigenvalue weighted by molar-refractivity contribution is 5.85. The molecule has 0 radical (unpaired) electrons. The molecule has 0 aliphatic carbocycles. The number of hydrogen-bond donors (Lipinski definition) is 3. The zero-order valence-electron chi connectivity index (χ0n) is 19.3. The maximum Gasteiger partial charge on any atom is 0.318 e. The Morgan fingerprint density at radius 2 is 1.19 bits per heavy atom. The van der Waals surface area contributed by atoms with Crippen LogP contribution in [-0.4, -0.2) is 50.6 Å². The lowest BCUT2D eigenvalue weighted by atomic mass is 9.76. The molecule has 0 aliphatic rings. The fourth-order valence-electron chi connectivity index (χ4n) is 3.51. The molecule has 2 aromatic carbocycles. The Balaban J connectivity index is 2.16. The van der Waals surface area contributed by atoms with Crippen molar-refractivity contribution in [1.29, 1.82) is 0 Å². The van der Waals surface area contributed by atoms with Gasteiger partial charge in [0.2, 0.25) is 0 Å². The molecule has 2 aromatic rings. The van der Waals surface area contributed by atoms with E-state index in [4.69, 9.17) is 9.47 Å². The number of carboxylic acids is 1. The summed E-state index contributed by atoms with van der Waals surface area (Å²) in [5, 5.41) is 16.8. The molecule has 0 bridgehead atoms. The number of aliphatic carboxylic acids is 1. The minimum atomic E-state index is -1.14. The minimum absolute atomic E-state index is 0.146. The summed E-state index contributed by atoms with van der Waals surface area (Å²) in [6.07, 6.45) is 2.14. The van der Waals surface area contributed by atoms with E-state index in [1.54, 1.807) is 21.1 Å². The normalized spacial score (nSPS) is 15.0. The predicted molar refractivity (Wildman–Crippen MR) is 126 cm³/mol. The first kappa shape index (κ1) is 24.7. The zero-order chi connectivity index (χ0) is 22.9. The highest BCUT2D eigenvalue weighted by atomic mass is 16.5. The standard InChI is InChI=1S/C25H36N2O4/c1-6-22(30-4)16-26-20-12-8-18(9-13-20)25(3,24(28)29)19-10-14-21(15-11-19)27-17-23(7-2)31-5/h8-15,22-23,26-27H,6-7,16-17H2,1-5H3,(H,28,29). The van der Waals surface area contributed by atoms with Crippen LogP contribution in [0.2, 0.25) is 0 Å². The smallest absolute Gasteiger partial charge is 0.318 e. The van der Waals surface area contributed by atoms with E-state index in [9.17, 15) is 9.90 Å². The van der Waals surface area contributed by atoms with Crippen molar-refractivity contribution in [2.45, 2.75) is 51.2 Å². The third-order valence-corrected chi connectivity index (χ3v) is 6.00. The largest absolute Gasteiger partial charge is 0.480 e. The molecule has 2 unspecified atom stereocenters. The van der Waals surface area contributed by atoms with E-state index in [1.165, 1.54) is 0 Å². The molecule has 0 aliphatic heterocycles. The summed E-state index contributed by atoms with van der Waals surface area (Å²) in [4.78, 5) is 12.3. The van der Waals surface area contributed by atoms with Crippen LogP contribution in [0.4, 0.5) is 11.4 Å². The highest BCUT2D eigenvalue weighted by Crippen LogP contribution is 2.34. The van der Waals surface area contributed by atoms with Crippen LogP contribution in [0.1, 0.15) is 44.7 Å². The lowest BCUT2D eigenvalue weighted by Gasteiger charge is -2.27. The van der Waals surface area contributed by atoms with Crippen LogP contribution in [0, 0.1) is 0 Å². The van der Waals surface area contributed by atoms with Gasteiger partial charge in [-0.15, -0.1) is 0 Å². The quantitative estimate of drug-likeness (QED) is 0.427. The Kier molecular flexibility index (Phi) is 9.34. The van der Waals surface area contributed by atoms with Crippen molar-refractivity contribution in [2.24, 2.45) is 0 Å². The van der Waals surface area contributed by atoms with Gasteiger partial charge in [0.25, 0.3) is 0 Å². The van der Waals surface area contributed by atoms with Crippen LogP contribution in [0.3, 0.4) is 0 Å². The van der Waals surface area contributed by atoms with E-state index >= 15 is 0 Å². The van der Waals surface area contributed by atoms with Gasteiger partial charge in [-0.2, -0.15) is 0 Å². The van der Waals surface area contributed by atoms with Crippen molar-refractivity contribution in [1.82, 2.24) is 0 Å². The van der Waals surface area contributed by atoms with Gasteiger partial charge >= 0.3 is 5.97 Å². The molecule has 0 heterocycles. The van der Waals surface area contributed by atoms with Crippen LogP contribution >= 0.6 is 0 Å². The molecule has 0 amide bonds. The fourth-order valence-corrected chi connectivity index (χ4v) is 3.51. The molecule has 3 N–H and O–H groups in total. The summed E-state index contributed by atoms with van der Waals surface area (Å²) in [5.41, 5.74) is 2.20. The van der Waals surface area contributed by atoms with Crippen LogP contribution in [0.15, 0.2) is 48.5 Å². The second kappa shape index (κ2) is 11.7. The maximum absolute atomic E-state index is 12.3. The van der Waals surface area contributed by atoms with E-state index in [-0.39, 0.29) is 12.2 Å². The van der Waals surface area contributed by atoms with Gasteiger partial charge in [-0.25, -0.2) is 0 Å². The Hall–Kier alpha value is -2.57. The summed E-state index contributed by atoms with van der Waals surface area (Å²) < 4.78 is 10.8. The maximum atomic E-state index is 12.3. The predicted octanol–water partition coefficient (Wildman–Crippen LogP) is 4.75. The molecule has 6 nitrogen and oxygen atoms in total. The molecule has 2 rings (SSSR count). The summed E-state index contributed by atoms with van der Waals surface area (Å²) in [6.45, 7) is 7.32. The van der Waals surface area contributed by atoms with Crippen LogP contribution in [0.5, 0.6) is 0 Å². The van der Waals surface area contributed by atoms with Crippen LogP contribution in [0.25, 0.3) is 0 Å². The second-order valence-electron chi connectivity index (χ2n) is 7.88. The molecule has 0 aromatic heterocycles. The van der Waals surface area contributed by atoms with Crippen molar-refractivity contribution in [2.75, 3.05) is 37.9 Å². The number of benzene rings is 2. The molecular weight excluding hydrogens is 392 g/mol. The number of carbonyl (C=O) groups is 1. The zero-order valence-corrected chi connectivity index (χ0v) is 19.3. The summed E-state index contributed by atoms with van der Waals surface area (Å²) >= 11 is 0. The molecule has 170 valence electrons. The van der Waals surface area contributed by atoms with Crippen molar-refractivity contribution < 1.29 is 19.4 Å². The molecular formula is C25H36N2O4. The summed E-state index contributed by atoms with van der Waals surface area (Å²) in [6, 6.07) is 15.2. The topological polar surface area (TPSA) is 79.8 Å². The first-order chi connectivity index (χ1) is 14.9. The molecule has 0 saturated heterocycles. The van der Waals surface area contributed by atoms with Gasteiger partial charge in [-0.05, 0) is 55.2 Å². The van der Waals surface area contributed by atoms with Gasteiger partial charge in [0.15, 0.2) is 0 Å². The first-order valence-electron chi connectivity index (χ1n) is 10.9. The Morgan fingerprint density at radius 1 is 0.839 bits per heavy atom.